The summed E-state index contributed by atoms with van der Waals surface area (Å²) in [5, 5.41) is 15.2. The molecular formula is C15H12BrF2N5O2. The van der Waals surface area contributed by atoms with E-state index in [1.807, 2.05) is 6.07 Å². The Labute approximate surface area is 149 Å². The monoisotopic (exact) mass is 411 g/mol. The molecule has 130 valence electrons. The summed E-state index contributed by atoms with van der Waals surface area (Å²) < 4.78 is 26.3. The molecule has 1 aromatic heterocycles. The van der Waals surface area contributed by atoms with Crippen LogP contribution in [0.1, 0.15) is 32.0 Å². The minimum absolute atomic E-state index is 0.0520. The van der Waals surface area contributed by atoms with Gasteiger partial charge in [-0.1, -0.05) is 0 Å². The van der Waals surface area contributed by atoms with Gasteiger partial charge in [-0.3, -0.25) is 14.3 Å². The fraction of sp³-hybridized carbons (Fsp3) is 0.200. The molecule has 0 aliphatic carbocycles. The number of nitriles is 1. The number of nitrogens with two attached hydrogens (primary N) is 1. The van der Waals surface area contributed by atoms with E-state index in [0.717, 1.165) is 4.68 Å². The van der Waals surface area contributed by atoms with Gasteiger partial charge in [0, 0.05) is 6.07 Å². The number of aryl methyl sites for hydroxylation is 1. The summed E-state index contributed by atoms with van der Waals surface area (Å²) in [7, 11) is 0. The van der Waals surface area contributed by atoms with Crippen molar-refractivity contribution >= 4 is 33.4 Å². The number of nitrogens with zero attached hydrogens (tertiary/aromatic N) is 3. The molecule has 0 saturated heterocycles. The Bertz CT molecular complexity index is 889. The highest BCUT2D eigenvalue weighted by Gasteiger charge is 2.21. The van der Waals surface area contributed by atoms with Gasteiger partial charge in [0.25, 0.3) is 18.2 Å². The standard InChI is InChI=1S/C15H12BrF2N5O2/c1-7-2-8(5-19)3-9(14(20)24)13(7)21-15(25)10-4-11(16)22-23(10)6-12(17)18/h2-4,12H,6H2,1H3,(H2,20,24)(H,21,25). The lowest BCUT2D eigenvalue weighted by Crippen LogP contribution is -2.23. The van der Waals surface area contributed by atoms with E-state index in [-0.39, 0.29) is 27.1 Å². The van der Waals surface area contributed by atoms with E-state index in [9.17, 15) is 18.4 Å². The van der Waals surface area contributed by atoms with Crippen molar-refractivity contribution in [1.82, 2.24) is 9.78 Å². The predicted octanol–water partition coefficient (Wildman–Crippen LogP) is 2.44. The maximum Gasteiger partial charge on any atom is 0.274 e. The number of hydrogen-bond donors (Lipinski definition) is 2. The van der Waals surface area contributed by atoms with Crippen molar-refractivity contribution in [2.75, 3.05) is 5.32 Å². The summed E-state index contributed by atoms with van der Waals surface area (Å²) in [6.07, 6.45) is -2.70. The minimum atomic E-state index is -2.70. The zero-order chi connectivity index (χ0) is 18.7. The quantitative estimate of drug-likeness (QED) is 0.785. The second-order valence-electron chi connectivity index (χ2n) is 5.07. The minimum Gasteiger partial charge on any atom is -0.366 e. The Morgan fingerprint density at radius 2 is 2.12 bits per heavy atom. The lowest BCUT2D eigenvalue weighted by atomic mass is 10.0. The van der Waals surface area contributed by atoms with E-state index in [0.29, 0.717) is 5.56 Å². The number of alkyl halides is 2. The number of rotatable bonds is 5. The Morgan fingerprint density at radius 1 is 1.44 bits per heavy atom. The summed E-state index contributed by atoms with van der Waals surface area (Å²) in [6.45, 7) is 0.818. The zero-order valence-corrected chi connectivity index (χ0v) is 14.5. The molecule has 0 aliphatic rings. The number of hydrogen-bond acceptors (Lipinski definition) is 4. The van der Waals surface area contributed by atoms with Crippen LogP contribution in [0.3, 0.4) is 0 Å². The highest BCUT2D eigenvalue weighted by Crippen LogP contribution is 2.24. The average Bonchev–Trinajstić information content (AvgIpc) is 2.88. The first-order chi connectivity index (χ1) is 11.7. The molecule has 2 amide bonds. The molecule has 0 bridgehead atoms. The van der Waals surface area contributed by atoms with E-state index in [1.165, 1.54) is 18.2 Å². The van der Waals surface area contributed by atoms with Gasteiger partial charge >= 0.3 is 0 Å². The molecule has 1 aromatic carbocycles. The van der Waals surface area contributed by atoms with Gasteiger partial charge in [-0.05, 0) is 40.5 Å². The highest BCUT2D eigenvalue weighted by molar-refractivity contribution is 9.10. The molecule has 3 N–H and O–H groups in total. The third kappa shape index (κ3) is 4.19. The number of carbonyl (C=O) groups excluding carboxylic acids is 2. The normalized spacial score (nSPS) is 10.6. The third-order valence-electron chi connectivity index (χ3n) is 3.26. The zero-order valence-electron chi connectivity index (χ0n) is 12.9. The van der Waals surface area contributed by atoms with Crippen LogP contribution in [-0.4, -0.2) is 28.0 Å². The predicted molar refractivity (Wildman–Crippen MR) is 88.3 cm³/mol. The molecule has 10 heteroatoms. The van der Waals surface area contributed by atoms with Gasteiger partial charge in [-0.25, -0.2) is 8.78 Å². The Hall–Kier alpha value is -2.80. The molecule has 1 heterocycles. The molecule has 0 fully saturated rings. The average molecular weight is 412 g/mol. The fourth-order valence-electron chi connectivity index (χ4n) is 2.23. The molecule has 7 nitrogen and oxygen atoms in total. The summed E-state index contributed by atoms with van der Waals surface area (Å²) in [5.74, 6) is -1.58. The van der Waals surface area contributed by atoms with Crippen molar-refractivity contribution in [2.45, 2.75) is 19.9 Å². The number of aromatic nitrogens is 2. The van der Waals surface area contributed by atoms with Gasteiger partial charge in [0.2, 0.25) is 0 Å². The van der Waals surface area contributed by atoms with Crippen LogP contribution in [0, 0.1) is 18.3 Å². The van der Waals surface area contributed by atoms with Gasteiger partial charge < -0.3 is 11.1 Å². The summed E-state index contributed by atoms with van der Waals surface area (Å²) in [6, 6.07) is 5.88. The molecule has 0 saturated carbocycles. The number of nitrogens with one attached hydrogen (secondary N) is 1. The van der Waals surface area contributed by atoms with Crippen LogP contribution in [-0.2, 0) is 6.54 Å². The van der Waals surface area contributed by atoms with Crippen molar-refractivity contribution in [3.63, 3.8) is 0 Å². The third-order valence-corrected chi connectivity index (χ3v) is 3.65. The van der Waals surface area contributed by atoms with Gasteiger partial charge in [-0.15, -0.1) is 0 Å². The summed E-state index contributed by atoms with van der Waals surface area (Å²) in [5.41, 5.74) is 5.87. The summed E-state index contributed by atoms with van der Waals surface area (Å²) in [4.78, 5) is 24.1. The molecule has 2 aromatic rings. The van der Waals surface area contributed by atoms with Gasteiger partial charge in [0.1, 0.15) is 16.8 Å². The highest BCUT2D eigenvalue weighted by atomic mass is 79.9. The first-order valence-electron chi connectivity index (χ1n) is 6.90. The van der Waals surface area contributed by atoms with Crippen molar-refractivity contribution in [1.29, 1.82) is 5.26 Å². The SMILES string of the molecule is Cc1cc(C#N)cc(C(N)=O)c1NC(=O)c1cc(Br)nn1CC(F)F. The van der Waals surface area contributed by atoms with E-state index < -0.39 is 24.8 Å². The van der Waals surface area contributed by atoms with Crippen LogP contribution in [0.4, 0.5) is 14.5 Å². The molecule has 2 rings (SSSR count). The number of halogens is 3. The van der Waals surface area contributed by atoms with Crippen LogP contribution in [0.15, 0.2) is 22.8 Å². The van der Waals surface area contributed by atoms with Crippen molar-refractivity contribution in [2.24, 2.45) is 5.73 Å². The lowest BCUT2D eigenvalue weighted by molar-refractivity contribution is 0.0988. The van der Waals surface area contributed by atoms with Gasteiger partial charge in [0.15, 0.2) is 0 Å². The molecule has 0 radical (unpaired) electrons. The first kappa shape index (κ1) is 18.5. The molecule has 0 atom stereocenters. The second-order valence-corrected chi connectivity index (χ2v) is 5.88. The van der Waals surface area contributed by atoms with E-state index >= 15 is 0 Å². The van der Waals surface area contributed by atoms with Crippen molar-refractivity contribution < 1.29 is 18.4 Å². The first-order valence-corrected chi connectivity index (χ1v) is 7.69. The van der Waals surface area contributed by atoms with Crippen LogP contribution in [0.2, 0.25) is 0 Å². The summed E-state index contributed by atoms with van der Waals surface area (Å²) >= 11 is 3.03. The van der Waals surface area contributed by atoms with Crippen LogP contribution < -0.4 is 11.1 Å². The molecule has 0 aliphatic heterocycles. The second kappa shape index (κ2) is 7.40. The fourth-order valence-corrected chi connectivity index (χ4v) is 2.64. The van der Waals surface area contributed by atoms with E-state index in [2.05, 4.69) is 26.3 Å². The number of benzene rings is 1. The number of carbonyl (C=O) groups is 2. The molecule has 25 heavy (non-hydrogen) atoms. The Morgan fingerprint density at radius 3 is 2.68 bits per heavy atom. The van der Waals surface area contributed by atoms with Crippen LogP contribution in [0.5, 0.6) is 0 Å². The van der Waals surface area contributed by atoms with Crippen molar-refractivity contribution in [3.05, 3.63) is 45.2 Å². The molecule has 0 spiro atoms. The van der Waals surface area contributed by atoms with Crippen molar-refractivity contribution in [3.8, 4) is 6.07 Å². The largest absolute Gasteiger partial charge is 0.366 e. The Balaban J connectivity index is 2.42. The molecule has 0 unspecified atom stereocenters. The number of primary amides is 1. The maximum absolute atomic E-state index is 12.6. The maximum atomic E-state index is 12.6. The molecular weight excluding hydrogens is 400 g/mol. The topological polar surface area (TPSA) is 114 Å². The van der Waals surface area contributed by atoms with Gasteiger partial charge in [-0.2, -0.15) is 10.4 Å². The smallest absolute Gasteiger partial charge is 0.274 e. The van der Waals surface area contributed by atoms with E-state index in [1.54, 1.807) is 6.92 Å². The van der Waals surface area contributed by atoms with Gasteiger partial charge in [0.05, 0.1) is 22.9 Å². The van der Waals surface area contributed by atoms with Crippen LogP contribution in [0.25, 0.3) is 0 Å². The lowest BCUT2D eigenvalue weighted by Gasteiger charge is -2.13. The number of anilines is 1. The Kier molecular flexibility index (Phi) is 5.48. The van der Waals surface area contributed by atoms with Crippen LogP contribution >= 0.6 is 15.9 Å². The number of amides is 2. The van der Waals surface area contributed by atoms with E-state index in [4.69, 9.17) is 11.0 Å².